The smallest absolute Gasteiger partial charge is 0.0355 e. The van der Waals surface area contributed by atoms with Crippen LogP contribution in [0, 0.1) is 41.4 Å². The molecule has 7 atom stereocenters. The minimum atomic E-state index is 0.994. The SMILES string of the molecule is CC1CCC2CC3CCC(C)C(C)C3CC2C1. The Morgan fingerprint density at radius 2 is 1.41 bits per heavy atom. The predicted molar refractivity (Wildman–Crippen MR) is 73.8 cm³/mol. The van der Waals surface area contributed by atoms with Crippen molar-refractivity contribution in [3.8, 4) is 0 Å². The fourth-order valence-corrected chi connectivity index (χ4v) is 5.40. The molecule has 0 aromatic heterocycles. The molecule has 98 valence electrons. The molecular formula is C17H30. The topological polar surface area (TPSA) is 0 Å². The highest BCUT2D eigenvalue weighted by atomic mass is 14.5. The van der Waals surface area contributed by atoms with Gasteiger partial charge in [-0.3, -0.25) is 0 Å². The molecule has 0 spiro atoms. The molecule has 0 amide bonds. The molecular weight excluding hydrogens is 204 g/mol. The van der Waals surface area contributed by atoms with Crippen molar-refractivity contribution in [1.82, 2.24) is 0 Å². The van der Waals surface area contributed by atoms with Gasteiger partial charge < -0.3 is 0 Å². The summed E-state index contributed by atoms with van der Waals surface area (Å²) in [5.41, 5.74) is 0. The van der Waals surface area contributed by atoms with E-state index in [0.29, 0.717) is 0 Å². The lowest BCUT2D eigenvalue weighted by atomic mass is 9.55. The van der Waals surface area contributed by atoms with Crippen LogP contribution in [-0.4, -0.2) is 0 Å². The van der Waals surface area contributed by atoms with Crippen molar-refractivity contribution in [1.29, 1.82) is 0 Å². The van der Waals surface area contributed by atoms with Gasteiger partial charge in [-0.05, 0) is 73.5 Å². The Kier molecular flexibility index (Phi) is 3.26. The maximum atomic E-state index is 2.55. The average Bonchev–Trinajstić information content (AvgIpc) is 2.32. The van der Waals surface area contributed by atoms with Crippen molar-refractivity contribution in [3.05, 3.63) is 0 Å². The van der Waals surface area contributed by atoms with Crippen LogP contribution in [0.2, 0.25) is 0 Å². The lowest BCUT2D eigenvalue weighted by molar-refractivity contribution is -0.00676. The largest absolute Gasteiger partial charge is 0.0625 e. The zero-order chi connectivity index (χ0) is 12.0. The molecule has 0 radical (unpaired) electrons. The minimum absolute atomic E-state index is 0.994. The van der Waals surface area contributed by atoms with Gasteiger partial charge >= 0.3 is 0 Å². The standard InChI is InChI=1S/C17H30/c1-11-4-6-14-9-15-7-5-12(2)13(3)17(15)10-16(14)8-11/h11-17H,4-10H2,1-3H3. The Bertz CT molecular complexity index is 269. The highest BCUT2D eigenvalue weighted by Crippen LogP contribution is 2.53. The lowest BCUT2D eigenvalue weighted by Crippen LogP contribution is -2.41. The molecule has 0 bridgehead atoms. The van der Waals surface area contributed by atoms with E-state index in [1.54, 1.807) is 32.1 Å². The third kappa shape index (κ3) is 2.17. The maximum absolute atomic E-state index is 2.55. The van der Waals surface area contributed by atoms with Crippen LogP contribution >= 0.6 is 0 Å². The van der Waals surface area contributed by atoms with E-state index in [0.717, 1.165) is 41.4 Å². The van der Waals surface area contributed by atoms with Crippen molar-refractivity contribution >= 4 is 0 Å². The first-order valence-electron chi connectivity index (χ1n) is 8.15. The fourth-order valence-electron chi connectivity index (χ4n) is 5.40. The molecule has 3 fully saturated rings. The molecule has 3 saturated carbocycles. The van der Waals surface area contributed by atoms with Gasteiger partial charge in [0.1, 0.15) is 0 Å². The predicted octanol–water partition coefficient (Wildman–Crippen LogP) is 5.13. The summed E-state index contributed by atoms with van der Waals surface area (Å²) < 4.78 is 0. The summed E-state index contributed by atoms with van der Waals surface area (Å²) in [6, 6.07) is 0. The van der Waals surface area contributed by atoms with Crippen LogP contribution in [-0.2, 0) is 0 Å². The summed E-state index contributed by atoms with van der Waals surface area (Å²) >= 11 is 0. The first kappa shape index (κ1) is 12.1. The summed E-state index contributed by atoms with van der Waals surface area (Å²) in [6.45, 7) is 7.53. The summed E-state index contributed by atoms with van der Waals surface area (Å²) in [4.78, 5) is 0. The molecule has 0 saturated heterocycles. The maximum Gasteiger partial charge on any atom is -0.0355 e. The van der Waals surface area contributed by atoms with E-state index >= 15 is 0 Å². The van der Waals surface area contributed by atoms with Gasteiger partial charge in [-0.15, -0.1) is 0 Å². The van der Waals surface area contributed by atoms with E-state index in [9.17, 15) is 0 Å². The highest BCUT2D eigenvalue weighted by molar-refractivity contribution is 4.94. The Balaban J connectivity index is 1.71. The number of hydrogen-bond acceptors (Lipinski definition) is 0. The van der Waals surface area contributed by atoms with E-state index < -0.39 is 0 Å². The van der Waals surface area contributed by atoms with Crippen molar-refractivity contribution in [2.75, 3.05) is 0 Å². The highest BCUT2D eigenvalue weighted by Gasteiger charge is 2.43. The molecule has 3 aliphatic rings. The molecule has 3 aliphatic carbocycles. The zero-order valence-electron chi connectivity index (χ0n) is 12.0. The van der Waals surface area contributed by atoms with Crippen LogP contribution in [0.1, 0.15) is 65.7 Å². The van der Waals surface area contributed by atoms with Crippen LogP contribution in [0.3, 0.4) is 0 Å². The molecule has 0 aromatic rings. The molecule has 7 unspecified atom stereocenters. The second-order valence-electron chi connectivity index (χ2n) is 7.75. The summed E-state index contributed by atoms with van der Waals surface area (Å²) in [7, 11) is 0. The molecule has 0 N–H and O–H groups in total. The number of hydrogen-bond donors (Lipinski definition) is 0. The van der Waals surface area contributed by atoms with Crippen LogP contribution in [0.15, 0.2) is 0 Å². The van der Waals surface area contributed by atoms with Gasteiger partial charge in [0.2, 0.25) is 0 Å². The van der Waals surface area contributed by atoms with E-state index in [-0.39, 0.29) is 0 Å². The fraction of sp³-hybridized carbons (Fsp3) is 1.00. The molecule has 3 rings (SSSR count). The van der Waals surface area contributed by atoms with Gasteiger partial charge in [0.05, 0.1) is 0 Å². The van der Waals surface area contributed by atoms with Crippen molar-refractivity contribution < 1.29 is 0 Å². The van der Waals surface area contributed by atoms with E-state index in [2.05, 4.69) is 20.8 Å². The van der Waals surface area contributed by atoms with Crippen LogP contribution in [0.25, 0.3) is 0 Å². The van der Waals surface area contributed by atoms with Crippen LogP contribution in [0.5, 0.6) is 0 Å². The van der Waals surface area contributed by atoms with Gasteiger partial charge in [0.15, 0.2) is 0 Å². The molecule has 0 heterocycles. The summed E-state index contributed by atoms with van der Waals surface area (Å²) in [6.07, 6.45) is 10.9. The van der Waals surface area contributed by atoms with E-state index in [1.165, 1.54) is 12.8 Å². The Labute approximate surface area is 108 Å². The minimum Gasteiger partial charge on any atom is -0.0625 e. The first-order valence-corrected chi connectivity index (χ1v) is 8.15. The normalized spacial score (nSPS) is 54.9. The van der Waals surface area contributed by atoms with Crippen molar-refractivity contribution in [3.63, 3.8) is 0 Å². The molecule has 0 heteroatoms. The molecule has 0 nitrogen and oxygen atoms in total. The molecule has 0 aromatic carbocycles. The van der Waals surface area contributed by atoms with Gasteiger partial charge in [0.25, 0.3) is 0 Å². The quantitative estimate of drug-likeness (QED) is 0.545. The molecule has 0 aliphatic heterocycles. The van der Waals surface area contributed by atoms with Gasteiger partial charge in [0, 0.05) is 0 Å². The lowest BCUT2D eigenvalue weighted by Gasteiger charge is -2.51. The summed E-state index contributed by atoms with van der Waals surface area (Å²) in [5, 5.41) is 0. The third-order valence-electron chi connectivity index (χ3n) is 6.75. The van der Waals surface area contributed by atoms with E-state index in [1.807, 2.05) is 0 Å². The van der Waals surface area contributed by atoms with Gasteiger partial charge in [-0.1, -0.05) is 33.6 Å². The second-order valence-corrected chi connectivity index (χ2v) is 7.75. The monoisotopic (exact) mass is 234 g/mol. The number of rotatable bonds is 0. The van der Waals surface area contributed by atoms with Crippen molar-refractivity contribution in [2.24, 2.45) is 41.4 Å². The molecule has 17 heavy (non-hydrogen) atoms. The van der Waals surface area contributed by atoms with Gasteiger partial charge in [-0.2, -0.15) is 0 Å². The third-order valence-corrected chi connectivity index (χ3v) is 6.75. The van der Waals surface area contributed by atoms with Crippen molar-refractivity contribution in [2.45, 2.75) is 65.7 Å². The van der Waals surface area contributed by atoms with Gasteiger partial charge in [-0.25, -0.2) is 0 Å². The summed E-state index contributed by atoms with van der Waals surface area (Å²) in [5.74, 6) is 7.44. The zero-order valence-corrected chi connectivity index (χ0v) is 12.0. The Hall–Kier alpha value is 0. The Morgan fingerprint density at radius 1 is 0.647 bits per heavy atom. The second kappa shape index (κ2) is 4.59. The first-order chi connectivity index (χ1) is 8.15. The average molecular weight is 234 g/mol. The number of fused-ring (bicyclic) bond motifs is 2. The van der Waals surface area contributed by atoms with Crippen LogP contribution < -0.4 is 0 Å². The van der Waals surface area contributed by atoms with E-state index in [4.69, 9.17) is 0 Å². The Morgan fingerprint density at radius 3 is 2.24 bits per heavy atom. The van der Waals surface area contributed by atoms with Crippen LogP contribution in [0.4, 0.5) is 0 Å².